The van der Waals surface area contributed by atoms with E-state index in [9.17, 15) is 0 Å². The van der Waals surface area contributed by atoms with Crippen LogP contribution in [0.3, 0.4) is 0 Å². The Hall–Kier alpha value is -0.160. The Labute approximate surface area is 110 Å². The van der Waals surface area contributed by atoms with Crippen molar-refractivity contribution >= 4 is 0 Å². The number of fused-ring (bicyclic) bond motifs is 2. The number of rotatable bonds is 4. The molecule has 3 aliphatic heterocycles. The number of hydrogen-bond acceptors (Lipinski definition) is 4. The lowest BCUT2D eigenvalue weighted by Gasteiger charge is -2.49. The summed E-state index contributed by atoms with van der Waals surface area (Å²) < 4.78 is 5.79. The summed E-state index contributed by atoms with van der Waals surface area (Å²) in [5, 5.41) is 0. The minimum atomic E-state index is 0.235. The molecule has 0 aromatic heterocycles. The van der Waals surface area contributed by atoms with Gasteiger partial charge in [-0.3, -0.25) is 4.90 Å². The molecule has 0 amide bonds. The van der Waals surface area contributed by atoms with Crippen molar-refractivity contribution in [2.45, 2.75) is 37.3 Å². The van der Waals surface area contributed by atoms with E-state index in [-0.39, 0.29) is 5.54 Å². The van der Waals surface area contributed by atoms with Gasteiger partial charge in [0, 0.05) is 31.8 Å². The van der Waals surface area contributed by atoms with Crippen molar-refractivity contribution in [2.75, 3.05) is 46.4 Å². The lowest BCUT2D eigenvalue weighted by atomic mass is 9.77. The zero-order valence-corrected chi connectivity index (χ0v) is 11.6. The van der Waals surface area contributed by atoms with Crippen LogP contribution in [0.2, 0.25) is 0 Å². The third-order valence-corrected chi connectivity index (χ3v) is 5.51. The van der Waals surface area contributed by atoms with Gasteiger partial charge in [0.15, 0.2) is 0 Å². The molecule has 4 atom stereocenters. The van der Waals surface area contributed by atoms with E-state index < -0.39 is 0 Å². The van der Waals surface area contributed by atoms with Crippen LogP contribution < -0.4 is 5.73 Å². The highest BCUT2D eigenvalue weighted by molar-refractivity contribution is 5.04. The van der Waals surface area contributed by atoms with Crippen LogP contribution in [0.5, 0.6) is 0 Å². The minimum absolute atomic E-state index is 0.235. The van der Waals surface area contributed by atoms with Crippen LogP contribution in [0.25, 0.3) is 0 Å². The molecule has 4 heteroatoms. The van der Waals surface area contributed by atoms with Gasteiger partial charge in [-0.2, -0.15) is 0 Å². The molecular formula is C14H27N3O. The molecule has 104 valence electrons. The van der Waals surface area contributed by atoms with Crippen molar-refractivity contribution in [3.05, 3.63) is 0 Å². The molecule has 18 heavy (non-hydrogen) atoms. The number of likely N-dealkylation sites (N-methyl/N-ethyl adjacent to an activating group) is 1. The minimum Gasteiger partial charge on any atom is -0.377 e. The molecule has 0 aromatic rings. The highest BCUT2D eigenvalue weighted by atomic mass is 16.5. The summed E-state index contributed by atoms with van der Waals surface area (Å²) in [6.07, 6.45) is 5.45. The average Bonchev–Trinajstić information content (AvgIpc) is 3.01. The maximum atomic E-state index is 6.20. The van der Waals surface area contributed by atoms with E-state index in [4.69, 9.17) is 10.5 Å². The largest absolute Gasteiger partial charge is 0.377 e. The van der Waals surface area contributed by atoms with E-state index in [1.54, 1.807) is 0 Å². The number of piperidine rings is 1. The molecule has 4 nitrogen and oxygen atoms in total. The van der Waals surface area contributed by atoms with Gasteiger partial charge >= 0.3 is 0 Å². The molecule has 0 spiro atoms. The number of nitrogens with two attached hydrogens (primary N) is 1. The highest BCUT2D eigenvalue weighted by Crippen LogP contribution is 2.39. The zero-order chi connectivity index (χ0) is 12.6. The second kappa shape index (κ2) is 5.08. The Bertz CT molecular complexity index is 293. The van der Waals surface area contributed by atoms with Crippen molar-refractivity contribution in [3.63, 3.8) is 0 Å². The zero-order valence-electron chi connectivity index (χ0n) is 11.6. The van der Waals surface area contributed by atoms with Gasteiger partial charge in [0.05, 0.1) is 6.10 Å². The summed E-state index contributed by atoms with van der Waals surface area (Å²) in [4.78, 5) is 5.13. The molecule has 4 unspecified atom stereocenters. The third-order valence-electron chi connectivity index (χ3n) is 5.51. The summed E-state index contributed by atoms with van der Waals surface area (Å²) in [6.45, 7) is 6.57. The Morgan fingerprint density at radius 1 is 1.39 bits per heavy atom. The maximum absolute atomic E-state index is 6.20. The van der Waals surface area contributed by atoms with Crippen molar-refractivity contribution in [3.8, 4) is 0 Å². The lowest BCUT2D eigenvalue weighted by Crippen LogP contribution is -2.62. The molecule has 3 aliphatic rings. The second-order valence-corrected chi connectivity index (χ2v) is 6.36. The predicted octanol–water partition coefficient (Wildman–Crippen LogP) is 0.520. The Morgan fingerprint density at radius 2 is 2.28 bits per heavy atom. The van der Waals surface area contributed by atoms with Gasteiger partial charge in [-0.25, -0.2) is 0 Å². The molecular weight excluding hydrogens is 226 g/mol. The number of ether oxygens (including phenoxy) is 1. The van der Waals surface area contributed by atoms with Gasteiger partial charge in [-0.1, -0.05) is 0 Å². The summed E-state index contributed by atoms with van der Waals surface area (Å²) >= 11 is 0. The van der Waals surface area contributed by atoms with Crippen LogP contribution in [-0.2, 0) is 4.74 Å². The van der Waals surface area contributed by atoms with Crippen LogP contribution in [0.4, 0.5) is 0 Å². The quantitative estimate of drug-likeness (QED) is 0.793. The smallest absolute Gasteiger partial charge is 0.0702 e. The van der Waals surface area contributed by atoms with Crippen LogP contribution in [0.15, 0.2) is 0 Å². The Morgan fingerprint density at radius 3 is 3.00 bits per heavy atom. The predicted molar refractivity (Wildman–Crippen MR) is 72.6 cm³/mol. The summed E-state index contributed by atoms with van der Waals surface area (Å²) in [6, 6.07) is 0. The van der Waals surface area contributed by atoms with E-state index >= 15 is 0 Å². The van der Waals surface area contributed by atoms with Crippen LogP contribution >= 0.6 is 0 Å². The van der Waals surface area contributed by atoms with Gasteiger partial charge in [0.1, 0.15) is 0 Å². The SMILES string of the molecule is CN(CC1CCCO1)C1(CN)CCN2CCC1C2. The van der Waals surface area contributed by atoms with Crippen molar-refractivity contribution in [2.24, 2.45) is 11.7 Å². The molecule has 0 aromatic carbocycles. The summed E-state index contributed by atoms with van der Waals surface area (Å²) in [7, 11) is 2.27. The van der Waals surface area contributed by atoms with Crippen molar-refractivity contribution < 1.29 is 4.74 Å². The van der Waals surface area contributed by atoms with E-state index in [0.29, 0.717) is 6.10 Å². The molecule has 2 bridgehead atoms. The lowest BCUT2D eigenvalue weighted by molar-refractivity contribution is -0.00966. The van der Waals surface area contributed by atoms with Crippen LogP contribution in [0.1, 0.15) is 25.7 Å². The van der Waals surface area contributed by atoms with E-state index in [1.807, 2.05) is 0 Å². The van der Waals surface area contributed by atoms with Gasteiger partial charge in [-0.05, 0) is 51.7 Å². The molecule has 3 fully saturated rings. The second-order valence-electron chi connectivity index (χ2n) is 6.36. The first-order valence-corrected chi connectivity index (χ1v) is 7.50. The fourth-order valence-electron chi connectivity index (χ4n) is 4.23. The first-order chi connectivity index (χ1) is 8.74. The van der Waals surface area contributed by atoms with Crippen molar-refractivity contribution in [1.29, 1.82) is 0 Å². The van der Waals surface area contributed by atoms with Crippen molar-refractivity contribution in [1.82, 2.24) is 9.80 Å². The van der Waals surface area contributed by atoms with Gasteiger partial charge in [0.2, 0.25) is 0 Å². The van der Waals surface area contributed by atoms with E-state index in [1.165, 1.54) is 45.3 Å². The van der Waals surface area contributed by atoms with Crippen LogP contribution in [0, 0.1) is 5.92 Å². The molecule has 2 N–H and O–H groups in total. The molecule has 0 radical (unpaired) electrons. The molecule has 3 heterocycles. The number of hydrogen-bond donors (Lipinski definition) is 1. The monoisotopic (exact) mass is 253 g/mol. The van der Waals surface area contributed by atoms with Gasteiger partial charge < -0.3 is 15.4 Å². The topological polar surface area (TPSA) is 41.7 Å². The molecule has 0 saturated carbocycles. The first-order valence-electron chi connectivity index (χ1n) is 7.50. The molecule has 3 rings (SSSR count). The van der Waals surface area contributed by atoms with E-state index in [0.717, 1.165) is 25.6 Å². The van der Waals surface area contributed by atoms with Gasteiger partial charge in [-0.15, -0.1) is 0 Å². The Kier molecular flexibility index (Phi) is 3.63. The molecule has 0 aliphatic carbocycles. The molecule has 3 saturated heterocycles. The number of nitrogens with zero attached hydrogens (tertiary/aromatic N) is 2. The average molecular weight is 253 g/mol. The summed E-state index contributed by atoms with van der Waals surface area (Å²) in [5.41, 5.74) is 6.43. The highest BCUT2D eigenvalue weighted by Gasteiger charge is 2.48. The van der Waals surface area contributed by atoms with E-state index in [2.05, 4.69) is 16.8 Å². The van der Waals surface area contributed by atoms with Gasteiger partial charge in [0.25, 0.3) is 0 Å². The summed E-state index contributed by atoms with van der Waals surface area (Å²) in [5.74, 6) is 0.766. The fraction of sp³-hybridized carbons (Fsp3) is 1.00. The maximum Gasteiger partial charge on any atom is 0.0702 e. The normalized spacial score (nSPS) is 43.8. The van der Waals surface area contributed by atoms with Crippen LogP contribution in [-0.4, -0.2) is 67.8 Å². The standard InChI is InChI=1S/C14H27N3O/c1-16(10-13-3-2-8-18-13)14(11-15)5-7-17-6-4-12(14)9-17/h12-13H,2-11,15H2,1H3. The first kappa shape index (κ1) is 12.9. The Balaban J connectivity index is 1.69. The fourth-order valence-corrected chi connectivity index (χ4v) is 4.23. The third kappa shape index (κ3) is 2.09.